The first-order valence-corrected chi connectivity index (χ1v) is 11.8. The lowest BCUT2D eigenvalue weighted by atomic mass is 10.0. The highest BCUT2D eigenvalue weighted by atomic mass is 32.1. The van der Waals surface area contributed by atoms with Crippen LogP contribution in [0.3, 0.4) is 0 Å². The van der Waals surface area contributed by atoms with Crippen LogP contribution < -0.4 is 10.1 Å². The number of amides is 1. The fourth-order valence-corrected chi connectivity index (χ4v) is 4.13. The molecule has 0 saturated carbocycles. The summed E-state index contributed by atoms with van der Waals surface area (Å²) >= 11 is 1.26. The molecule has 178 valence electrons. The lowest BCUT2D eigenvalue weighted by molar-refractivity contribution is -0.150. The number of carbonyl (C=O) groups is 3. The van der Waals surface area contributed by atoms with Gasteiger partial charge in [-0.2, -0.15) is 0 Å². The zero-order valence-corrected chi connectivity index (χ0v) is 20.4. The smallest absolute Gasteiger partial charge is 0.347 e. The molecule has 3 rings (SSSR count). The standard InChI is InChI=1S/C26H27NO6S/c1-5-31-25(29)17(4)33-20-13-11-19(12-14-20)23(28)27-24-22(26(30)32-6-2)21(15-34-24)18-9-7-16(3)8-10-18/h7-15,17H,5-6H2,1-4H3,(H,27,28)/t17-/m1/s1. The Bertz CT molecular complexity index is 1150. The molecule has 1 aromatic heterocycles. The number of benzene rings is 2. The Hall–Kier alpha value is -3.65. The summed E-state index contributed by atoms with van der Waals surface area (Å²) in [6, 6.07) is 14.2. The Morgan fingerprint density at radius 2 is 1.59 bits per heavy atom. The highest BCUT2D eigenvalue weighted by Gasteiger charge is 2.23. The second kappa shape index (κ2) is 11.5. The molecule has 0 bridgehead atoms. The number of hydrogen-bond donors (Lipinski definition) is 1. The zero-order chi connectivity index (χ0) is 24.7. The summed E-state index contributed by atoms with van der Waals surface area (Å²) in [6.07, 6.45) is -0.766. The number of anilines is 1. The Morgan fingerprint density at radius 3 is 2.21 bits per heavy atom. The largest absolute Gasteiger partial charge is 0.479 e. The Morgan fingerprint density at radius 1 is 0.941 bits per heavy atom. The van der Waals surface area contributed by atoms with E-state index in [9.17, 15) is 14.4 Å². The van der Waals surface area contributed by atoms with Crippen molar-refractivity contribution in [1.29, 1.82) is 0 Å². The van der Waals surface area contributed by atoms with Crippen LogP contribution in [-0.2, 0) is 14.3 Å². The maximum atomic E-state index is 12.9. The molecule has 7 nitrogen and oxygen atoms in total. The molecule has 0 aliphatic heterocycles. The van der Waals surface area contributed by atoms with Crippen molar-refractivity contribution in [1.82, 2.24) is 0 Å². The topological polar surface area (TPSA) is 90.9 Å². The van der Waals surface area contributed by atoms with Gasteiger partial charge in [0.25, 0.3) is 5.91 Å². The van der Waals surface area contributed by atoms with Gasteiger partial charge in [-0.15, -0.1) is 11.3 Å². The van der Waals surface area contributed by atoms with Crippen LogP contribution in [0.2, 0.25) is 0 Å². The highest BCUT2D eigenvalue weighted by Crippen LogP contribution is 2.36. The summed E-state index contributed by atoms with van der Waals surface area (Å²) in [7, 11) is 0. The molecule has 34 heavy (non-hydrogen) atoms. The number of hydrogen-bond acceptors (Lipinski definition) is 7. The van der Waals surface area contributed by atoms with Gasteiger partial charge in [-0.1, -0.05) is 29.8 Å². The molecular weight excluding hydrogens is 454 g/mol. The summed E-state index contributed by atoms with van der Waals surface area (Å²) in [5.74, 6) is -0.904. The number of carbonyl (C=O) groups excluding carboxylic acids is 3. The van der Waals surface area contributed by atoms with Gasteiger partial charge in [-0.3, -0.25) is 4.79 Å². The van der Waals surface area contributed by atoms with Crippen LogP contribution in [-0.4, -0.2) is 37.2 Å². The molecule has 0 fully saturated rings. The summed E-state index contributed by atoms with van der Waals surface area (Å²) in [5, 5.41) is 5.07. The second-order valence-corrected chi connectivity index (χ2v) is 8.31. The predicted octanol–water partition coefficient (Wildman–Crippen LogP) is 5.48. The quantitative estimate of drug-likeness (QED) is 0.407. The number of aryl methyl sites for hydroxylation is 1. The van der Waals surface area contributed by atoms with Crippen LogP contribution in [0.15, 0.2) is 53.9 Å². The molecule has 3 aromatic rings. The number of esters is 2. The van der Waals surface area contributed by atoms with Crippen LogP contribution >= 0.6 is 11.3 Å². The second-order valence-electron chi connectivity index (χ2n) is 7.43. The van der Waals surface area contributed by atoms with Crippen molar-refractivity contribution >= 4 is 34.2 Å². The number of rotatable bonds is 9. The van der Waals surface area contributed by atoms with Crippen LogP contribution in [0.5, 0.6) is 5.75 Å². The third-order valence-electron chi connectivity index (χ3n) is 4.91. The molecule has 2 aromatic carbocycles. The zero-order valence-electron chi connectivity index (χ0n) is 19.5. The monoisotopic (exact) mass is 481 g/mol. The first-order valence-electron chi connectivity index (χ1n) is 10.9. The van der Waals surface area contributed by atoms with Gasteiger partial charge in [0, 0.05) is 16.5 Å². The third-order valence-corrected chi connectivity index (χ3v) is 5.80. The van der Waals surface area contributed by atoms with Gasteiger partial charge in [0.1, 0.15) is 16.3 Å². The number of thiophene rings is 1. The van der Waals surface area contributed by atoms with Gasteiger partial charge in [0.2, 0.25) is 0 Å². The third kappa shape index (κ3) is 6.02. The molecule has 0 saturated heterocycles. The van der Waals surface area contributed by atoms with E-state index in [1.54, 1.807) is 45.0 Å². The lowest BCUT2D eigenvalue weighted by Crippen LogP contribution is -2.26. The molecular formula is C26H27NO6S. The van der Waals surface area contributed by atoms with Gasteiger partial charge >= 0.3 is 11.9 Å². The Labute approximate surface area is 202 Å². The number of ether oxygens (including phenoxy) is 3. The summed E-state index contributed by atoms with van der Waals surface area (Å²) in [5.41, 5.74) is 3.37. The molecule has 1 N–H and O–H groups in total. The average Bonchev–Trinajstić information content (AvgIpc) is 3.23. The van der Waals surface area contributed by atoms with E-state index in [-0.39, 0.29) is 19.1 Å². The minimum Gasteiger partial charge on any atom is -0.479 e. The van der Waals surface area contributed by atoms with Gasteiger partial charge in [0.15, 0.2) is 6.10 Å². The molecule has 1 amide bonds. The Kier molecular flexibility index (Phi) is 8.43. The fourth-order valence-electron chi connectivity index (χ4n) is 3.17. The molecule has 0 aliphatic carbocycles. The number of nitrogens with one attached hydrogen (secondary N) is 1. The van der Waals surface area contributed by atoms with Crippen molar-refractivity contribution < 1.29 is 28.6 Å². The van der Waals surface area contributed by atoms with E-state index in [2.05, 4.69) is 5.32 Å². The highest BCUT2D eigenvalue weighted by molar-refractivity contribution is 7.15. The van der Waals surface area contributed by atoms with Gasteiger partial charge in [0.05, 0.1) is 13.2 Å². The summed E-state index contributed by atoms with van der Waals surface area (Å²) in [4.78, 5) is 37.4. The lowest BCUT2D eigenvalue weighted by Gasteiger charge is -2.13. The van der Waals surface area contributed by atoms with E-state index >= 15 is 0 Å². The van der Waals surface area contributed by atoms with E-state index in [4.69, 9.17) is 14.2 Å². The van der Waals surface area contributed by atoms with Crippen molar-refractivity contribution in [3.8, 4) is 16.9 Å². The molecule has 0 aliphatic rings. The van der Waals surface area contributed by atoms with Crippen LogP contribution in [0.25, 0.3) is 11.1 Å². The molecule has 1 atom stereocenters. The first kappa shape index (κ1) is 25.0. The fraction of sp³-hybridized carbons (Fsp3) is 0.269. The maximum absolute atomic E-state index is 12.9. The van der Waals surface area contributed by atoms with Crippen molar-refractivity contribution in [2.75, 3.05) is 18.5 Å². The van der Waals surface area contributed by atoms with E-state index in [1.807, 2.05) is 36.6 Å². The summed E-state index contributed by atoms with van der Waals surface area (Å²) < 4.78 is 15.7. The Balaban J connectivity index is 1.79. The van der Waals surface area contributed by atoms with E-state index in [0.29, 0.717) is 27.4 Å². The first-order chi connectivity index (χ1) is 16.3. The van der Waals surface area contributed by atoms with Crippen LogP contribution in [0.4, 0.5) is 5.00 Å². The van der Waals surface area contributed by atoms with Crippen LogP contribution in [0.1, 0.15) is 47.1 Å². The summed E-state index contributed by atoms with van der Waals surface area (Å²) in [6.45, 7) is 7.54. The van der Waals surface area contributed by atoms with Crippen LogP contribution in [0, 0.1) is 6.92 Å². The normalized spacial score (nSPS) is 11.4. The molecule has 0 radical (unpaired) electrons. The molecule has 8 heteroatoms. The van der Waals surface area contributed by atoms with E-state index in [1.165, 1.54) is 11.3 Å². The maximum Gasteiger partial charge on any atom is 0.347 e. The van der Waals surface area contributed by atoms with Gasteiger partial charge in [-0.25, -0.2) is 9.59 Å². The van der Waals surface area contributed by atoms with Crippen molar-refractivity contribution in [3.05, 3.63) is 70.6 Å². The van der Waals surface area contributed by atoms with E-state index < -0.39 is 18.0 Å². The van der Waals surface area contributed by atoms with Crippen molar-refractivity contribution in [3.63, 3.8) is 0 Å². The van der Waals surface area contributed by atoms with Crippen molar-refractivity contribution in [2.45, 2.75) is 33.8 Å². The minimum absolute atomic E-state index is 0.223. The van der Waals surface area contributed by atoms with Crippen molar-refractivity contribution in [2.24, 2.45) is 0 Å². The van der Waals surface area contributed by atoms with Gasteiger partial charge < -0.3 is 19.5 Å². The molecule has 1 heterocycles. The predicted molar refractivity (Wildman–Crippen MR) is 132 cm³/mol. The van der Waals surface area contributed by atoms with E-state index in [0.717, 1.165) is 11.1 Å². The molecule has 0 spiro atoms. The van der Waals surface area contributed by atoms with Gasteiger partial charge in [-0.05, 0) is 57.5 Å². The minimum atomic E-state index is -0.766. The SMILES string of the molecule is CCOC(=O)c1c(-c2ccc(C)cc2)csc1NC(=O)c1ccc(O[C@H](C)C(=O)OCC)cc1. The molecule has 0 unspecified atom stereocenters. The average molecular weight is 482 g/mol.